The molecule has 2 rings (SSSR count). The molecular formula is C13H17N3S. The molecule has 2 aromatic rings. The zero-order valence-electron chi connectivity index (χ0n) is 9.67. The SMILES string of the molecule is NC(CCNCc1cncs1)c1ccccc1. The molecule has 1 aromatic heterocycles. The molecule has 0 radical (unpaired) electrons. The van der Waals surface area contributed by atoms with E-state index in [2.05, 4.69) is 22.4 Å². The molecule has 1 atom stereocenters. The van der Waals surface area contributed by atoms with Crippen molar-refractivity contribution in [2.75, 3.05) is 6.54 Å². The van der Waals surface area contributed by atoms with Crippen LogP contribution in [-0.4, -0.2) is 11.5 Å². The first-order valence-corrected chi connectivity index (χ1v) is 6.63. The van der Waals surface area contributed by atoms with E-state index >= 15 is 0 Å². The second-order valence-corrected chi connectivity index (χ2v) is 4.92. The van der Waals surface area contributed by atoms with Gasteiger partial charge in [-0.25, -0.2) is 0 Å². The fraction of sp³-hybridized carbons (Fsp3) is 0.308. The lowest BCUT2D eigenvalue weighted by atomic mass is 10.1. The Bertz CT molecular complexity index is 413. The number of nitrogens with zero attached hydrogens (tertiary/aromatic N) is 1. The first kappa shape index (κ1) is 12.2. The summed E-state index contributed by atoms with van der Waals surface area (Å²) < 4.78 is 0. The van der Waals surface area contributed by atoms with Crippen LogP contribution in [0.4, 0.5) is 0 Å². The first-order valence-electron chi connectivity index (χ1n) is 5.75. The number of hydrogen-bond acceptors (Lipinski definition) is 4. The molecule has 0 aliphatic rings. The number of hydrogen-bond donors (Lipinski definition) is 2. The highest BCUT2D eigenvalue weighted by Gasteiger charge is 2.04. The minimum absolute atomic E-state index is 0.116. The van der Waals surface area contributed by atoms with Gasteiger partial charge < -0.3 is 11.1 Å². The van der Waals surface area contributed by atoms with Crippen LogP contribution >= 0.6 is 11.3 Å². The Morgan fingerprint density at radius 3 is 2.82 bits per heavy atom. The van der Waals surface area contributed by atoms with Crippen LogP contribution in [0, 0.1) is 0 Å². The van der Waals surface area contributed by atoms with Gasteiger partial charge >= 0.3 is 0 Å². The predicted molar refractivity (Wildman–Crippen MR) is 71.8 cm³/mol. The van der Waals surface area contributed by atoms with Crippen LogP contribution in [-0.2, 0) is 6.54 Å². The maximum Gasteiger partial charge on any atom is 0.0794 e. The van der Waals surface area contributed by atoms with Crippen molar-refractivity contribution in [2.24, 2.45) is 5.73 Å². The molecule has 0 spiro atoms. The number of rotatable bonds is 6. The van der Waals surface area contributed by atoms with E-state index < -0.39 is 0 Å². The minimum atomic E-state index is 0.116. The van der Waals surface area contributed by atoms with Gasteiger partial charge in [0.15, 0.2) is 0 Å². The normalized spacial score (nSPS) is 12.5. The predicted octanol–water partition coefficient (Wildman–Crippen LogP) is 2.32. The number of benzene rings is 1. The van der Waals surface area contributed by atoms with Crippen molar-refractivity contribution in [3.63, 3.8) is 0 Å². The lowest BCUT2D eigenvalue weighted by molar-refractivity contribution is 0.582. The molecule has 17 heavy (non-hydrogen) atoms. The second kappa shape index (κ2) is 6.49. The Hall–Kier alpha value is -1.23. The second-order valence-electron chi connectivity index (χ2n) is 3.95. The van der Waals surface area contributed by atoms with Gasteiger partial charge in [-0.15, -0.1) is 11.3 Å². The van der Waals surface area contributed by atoms with Gasteiger partial charge in [-0.3, -0.25) is 4.98 Å². The van der Waals surface area contributed by atoms with Crippen LogP contribution in [0.2, 0.25) is 0 Å². The zero-order chi connectivity index (χ0) is 11.9. The molecule has 1 unspecified atom stereocenters. The molecule has 0 saturated heterocycles. The summed E-state index contributed by atoms with van der Waals surface area (Å²) >= 11 is 1.67. The maximum absolute atomic E-state index is 6.10. The number of nitrogens with one attached hydrogen (secondary N) is 1. The summed E-state index contributed by atoms with van der Waals surface area (Å²) in [7, 11) is 0. The van der Waals surface area contributed by atoms with Crippen molar-refractivity contribution >= 4 is 11.3 Å². The first-order chi connectivity index (χ1) is 8.36. The number of nitrogens with two attached hydrogens (primary N) is 1. The Labute approximate surface area is 106 Å². The van der Waals surface area contributed by atoms with Crippen LogP contribution < -0.4 is 11.1 Å². The number of aromatic nitrogens is 1. The fourth-order valence-electron chi connectivity index (χ4n) is 1.67. The van der Waals surface area contributed by atoms with Crippen LogP contribution in [0.15, 0.2) is 42.0 Å². The number of thiazole rings is 1. The van der Waals surface area contributed by atoms with Gasteiger partial charge in [0.05, 0.1) is 5.51 Å². The van der Waals surface area contributed by atoms with Gasteiger partial charge in [0.1, 0.15) is 0 Å². The molecule has 1 aromatic carbocycles. The summed E-state index contributed by atoms with van der Waals surface area (Å²) in [4.78, 5) is 5.30. The van der Waals surface area contributed by atoms with Crippen LogP contribution in [0.25, 0.3) is 0 Å². The van der Waals surface area contributed by atoms with Crippen molar-refractivity contribution in [1.29, 1.82) is 0 Å². The van der Waals surface area contributed by atoms with E-state index in [0.29, 0.717) is 0 Å². The van der Waals surface area contributed by atoms with Gasteiger partial charge in [0, 0.05) is 23.7 Å². The molecule has 0 amide bonds. The highest BCUT2D eigenvalue weighted by atomic mass is 32.1. The average Bonchev–Trinajstić information content (AvgIpc) is 2.88. The standard InChI is InChI=1S/C13H17N3S/c14-13(11-4-2-1-3-5-11)6-7-15-8-12-9-16-10-17-12/h1-5,9-10,13,15H,6-8,14H2. The third kappa shape index (κ3) is 3.93. The summed E-state index contributed by atoms with van der Waals surface area (Å²) in [6, 6.07) is 10.3. The third-order valence-electron chi connectivity index (χ3n) is 2.64. The lowest BCUT2D eigenvalue weighted by Gasteiger charge is -2.12. The summed E-state index contributed by atoms with van der Waals surface area (Å²) in [5.41, 5.74) is 9.16. The molecule has 3 N–H and O–H groups in total. The third-order valence-corrected chi connectivity index (χ3v) is 3.42. The summed E-state index contributed by atoms with van der Waals surface area (Å²) in [5, 5.41) is 3.38. The van der Waals surface area contributed by atoms with Crippen LogP contribution in [0.5, 0.6) is 0 Å². The average molecular weight is 247 g/mol. The quantitative estimate of drug-likeness (QED) is 0.770. The monoisotopic (exact) mass is 247 g/mol. The van der Waals surface area contributed by atoms with Gasteiger partial charge in [-0.2, -0.15) is 0 Å². The molecule has 3 nitrogen and oxygen atoms in total. The molecule has 1 heterocycles. The molecule has 0 aliphatic carbocycles. The van der Waals surface area contributed by atoms with Crippen molar-refractivity contribution in [3.8, 4) is 0 Å². The van der Waals surface area contributed by atoms with E-state index in [4.69, 9.17) is 5.73 Å². The summed E-state index contributed by atoms with van der Waals surface area (Å²) in [5.74, 6) is 0. The molecule has 0 bridgehead atoms. The highest BCUT2D eigenvalue weighted by Crippen LogP contribution is 2.12. The molecule has 4 heteroatoms. The largest absolute Gasteiger partial charge is 0.324 e. The van der Waals surface area contributed by atoms with E-state index in [1.165, 1.54) is 10.4 Å². The van der Waals surface area contributed by atoms with Crippen molar-refractivity contribution < 1.29 is 0 Å². The smallest absolute Gasteiger partial charge is 0.0794 e. The summed E-state index contributed by atoms with van der Waals surface area (Å²) in [6.45, 7) is 1.81. The topological polar surface area (TPSA) is 50.9 Å². The van der Waals surface area contributed by atoms with Crippen molar-refractivity contribution in [2.45, 2.75) is 19.0 Å². The van der Waals surface area contributed by atoms with Gasteiger partial charge in [-0.1, -0.05) is 30.3 Å². The van der Waals surface area contributed by atoms with Crippen molar-refractivity contribution in [1.82, 2.24) is 10.3 Å². The van der Waals surface area contributed by atoms with Gasteiger partial charge in [-0.05, 0) is 18.5 Å². The lowest BCUT2D eigenvalue weighted by Crippen LogP contribution is -2.20. The minimum Gasteiger partial charge on any atom is -0.324 e. The van der Waals surface area contributed by atoms with E-state index in [0.717, 1.165) is 19.5 Å². The zero-order valence-corrected chi connectivity index (χ0v) is 10.5. The Morgan fingerprint density at radius 1 is 1.29 bits per heavy atom. The molecule has 0 fully saturated rings. The van der Waals surface area contributed by atoms with E-state index in [9.17, 15) is 0 Å². The fourth-order valence-corrected chi connectivity index (χ4v) is 2.23. The highest BCUT2D eigenvalue weighted by molar-refractivity contribution is 7.09. The van der Waals surface area contributed by atoms with E-state index in [-0.39, 0.29) is 6.04 Å². The molecule has 0 aliphatic heterocycles. The summed E-state index contributed by atoms with van der Waals surface area (Å²) in [6.07, 6.45) is 2.84. The van der Waals surface area contributed by atoms with Gasteiger partial charge in [0.2, 0.25) is 0 Å². The van der Waals surface area contributed by atoms with Gasteiger partial charge in [0.25, 0.3) is 0 Å². The van der Waals surface area contributed by atoms with Crippen LogP contribution in [0.3, 0.4) is 0 Å². The molecule has 90 valence electrons. The Balaban J connectivity index is 1.68. The molecule has 0 saturated carbocycles. The Morgan fingerprint density at radius 2 is 2.12 bits per heavy atom. The maximum atomic E-state index is 6.10. The van der Waals surface area contributed by atoms with E-state index in [1.54, 1.807) is 11.3 Å². The van der Waals surface area contributed by atoms with E-state index in [1.807, 2.05) is 29.9 Å². The van der Waals surface area contributed by atoms with Crippen molar-refractivity contribution in [3.05, 3.63) is 52.5 Å². The molecular weight excluding hydrogens is 230 g/mol. The Kier molecular flexibility index (Phi) is 4.67. The van der Waals surface area contributed by atoms with Crippen LogP contribution in [0.1, 0.15) is 22.9 Å².